The summed E-state index contributed by atoms with van der Waals surface area (Å²) in [5.74, 6) is -2.38. The third kappa shape index (κ3) is 2.53. The maximum Gasteiger partial charge on any atom is 0.339 e. The van der Waals surface area contributed by atoms with Crippen molar-refractivity contribution >= 4 is 23.5 Å². The summed E-state index contributed by atoms with van der Waals surface area (Å²) in [4.78, 5) is 41.5. The highest BCUT2D eigenvalue weighted by atomic mass is 16.6. The number of imide groups is 1. The maximum absolute atomic E-state index is 13.7. The molecule has 2 aromatic carbocycles. The first kappa shape index (κ1) is 19.8. The van der Waals surface area contributed by atoms with Crippen LogP contribution in [0.2, 0.25) is 0 Å². The summed E-state index contributed by atoms with van der Waals surface area (Å²) in [7, 11) is 1.58. The Hall–Kier alpha value is -3.19. The maximum atomic E-state index is 13.7. The molecule has 5 rings (SSSR count). The van der Waals surface area contributed by atoms with Gasteiger partial charge in [0.2, 0.25) is 11.8 Å². The Kier molecular flexibility index (Phi) is 4.41. The van der Waals surface area contributed by atoms with Crippen molar-refractivity contribution in [1.29, 1.82) is 0 Å². The number of benzene rings is 2. The van der Waals surface area contributed by atoms with Crippen LogP contribution in [0, 0.1) is 11.8 Å². The van der Waals surface area contributed by atoms with Crippen LogP contribution in [-0.4, -0.2) is 37.1 Å². The fourth-order valence-electron chi connectivity index (χ4n) is 5.46. The van der Waals surface area contributed by atoms with Gasteiger partial charge in [-0.15, -0.1) is 0 Å². The number of methoxy groups -OCH3 is 1. The minimum absolute atomic E-state index is 0.168. The first-order valence-corrected chi connectivity index (χ1v) is 10.4. The SMILES string of the molecule is CCOC(=O)[C@]12CC[C@](c3ccc(OC)cc3)(O1)[C@@H]1C(=O)N(c3ccccc3)C(=O)[C@@H]12. The Balaban J connectivity index is 1.65. The number of fused-ring (bicyclic) bond motifs is 5. The molecule has 3 fully saturated rings. The van der Waals surface area contributed by atoms with Crippen LogP contribution >= 0.6 is 0 Å². The van der Waals surface area contributed by atoms with E-state index in [1.54, 1.807) is 50.4 Å². The van der Waals surface area contributed by atoms with Gasteiger partial charge in [0.05, 0.1) is 31.2 Å². The quantitative estimate of drug-likeness (QED) is 0.546. The molecule has 3 aliphatic rings. The lowest BCUT2D eigenvalue weighted by Crippen LogP contribution is -2.49. The van der Waals surface area contributed by atoms with Crippen molar-refractivity contribution in [1.82, 2.24) is 0 Å². The van der Waals surface area contributed by atoms with Crippen LogP contribution < -0.4 is 9.64 Å². The van der Waals surface area contributed by atoms with Crippen molar-refractivity contribution in [3.63, 3.8) is 0 Å². The molecular weight excluding hydrogens is 398 g/mol. The van der Waals surface area contributed by atoms with Crippen molar-refractivity contribution in [3.8, 4) is 5.75 Å². The zero-order valence-corrected chi connectivity index (χ0v) is 17.4. The normalized spacial score (nSPS) is 31.1. The van der Waals surface area contributed by atoms with Gasteiger partial charge in [0.25, 0.3) is 0 Å². The van der Waals surface area contributed by atoms with Gasteiger partial charge < -0.3 is 14.2 Å². The van der Waals surface area contributed by atoms with Crippen molar-refractivity contribution in [2.45, 2.75) is 31.0 Å². The lowest BCUT2D eigenvalue weighted by atomic mass is 9.65. The largest absolute Gasteiger partial charge is 0.497 e. The molecule has 2 bridgehead atoms. The van der Waals surface area contributed by atoms with Crippen LogP contribution in [0.1, 0.15) is 25.3 Å². The summed E-state index contributed by atoms with van der Waals surface area (Å²) in [5, 5.41) is 0. The molecule has 7 nitrogen and oxygen atoms in total. The molecule has 0 spiro atoms. The number of hydrogen-bond acceptors (Lipinski definition) is 6. The number of rotatable bonds is 5. The summed E-state index contributed by atoms with van der Waals surface area (Å²) >= 11 is 0. The van der Waals surface area contributed by atoms with E-state index < -0.39 is 34.9 Å². The molecule has 0 aromatic heterocycles. The van der Waals surface area contributed by atoms with Crippen molar-refractivity contribution in [3.05, 3.63) is 60.2 Å². The van der Waals surface area contributed by atoms with Gasteiger partial charge in [0.15, 0.2) is 5.60 Å². The molecule has 3 saturated heterocycles. The Morgan fingerprint density at radius 1 is 1.03 bits per heavy atom. The van der Waals surface area contributed by atoms with Gasteiger partial charge in [-0.2, -0.15) is 0 Å². The van der Waals surface area contributed by atoms with Crippen LogP contribution in [0.25, 0.3) is 0 Å². The summed E-state index contributed by atoms with van der Waals surface area (Å²) < 4.78 is 17.0. The Bertz CT molecular complexity index is 1050. The molecule has 0 saturated carbocycles. The molecule has 0 N–H and O–H groups in total. The molecule has 0 radical (unpaired) electrons. The Morgan fingerprint density at radius 3 is 2.35 bits per heavy atom. The second kappa shape index (κ2) is 6.92. The van der Waals surface area contributed by atoms with Gasteiger partial charge in [-0.3, -0.25) is 9.59 Å². The average molecular weight is 421 g/mol. The van der Waals surface area contributed by atoms with Crippen LogP contribution in [0.3, 0.4) is 0 Å². The number of amides is 2. The van der Waals surface area contributed by atoms with E-state index in [-0.39, 0.29) is 12.5 Å². The average Bonchev–Trinajstić information content (AvgIpc) is 3.43. The highest BCUT2D eigenvalue weighted by molar-refractivity contribution is 6.24. The molecular formula is C24H23NO6. The minimum Gasteiger partial charge on any atom is -0.497 e. The highest BCUT2D eigenvalue weighted by Crippen LogP contribution is 2.65. The number of esters is 1. The third-order valence-electron chi connectivity index (χ3n) is 6.76. The van der Waals surface area contributed by atoms with Gasteiger partial charge >= 0.3 is 5.97 Å². The number of nitrogens with zero attached hydrogens (tertiary/aromatic N) is 1. The van der Waals surface area contributed by atoms with E-state index >= 15 is 0 Å². The standard InChI is InChI=1S/C24H23NO6/c1-3-30-22(28)24-14-13-23(31-24,15-9-11-17(29-2)12-10-15)18-19(24)21(27)25(20(18)26)16-7-5-4-6-8-16/h4-12,18-19H,3,13-14H2,1-2H3/t18-,19+,23+,24+/m0/s1. The van der Waals surface area contributed by atoms with Crippen LogP contribution in [0.4, 0.5) is 5.69 Å². The number of hydrogen-bond donors (Lipinski definition) is 0. The predicted molar refractivity (Wildman–Crippen MR) is 110 cm³/mol. The van der Waals surface area contributed by atoms with E-state index in [2.05, 4.69) is 0 Å². The molecule has 0 aliphatic carbocycles. The molecule has 7 heteroatoms. The zero-order chi connectivity index (χ0) is 21.8. The number of ether oxygens (including phenoxy) is 3. The van der Waals surface area contributed by atoms with Crippen LogP contribution in [-0.2, 0) is 29.5 Å². The second-order valence-corrected chi connectivity index (χ2v) is 8.13. The van der Waals surface area contributed by atoms with E-state index in [1.165, 1.54) is 4.90 Å². The first-order valence-electron chi connectivity index (χ1n) is 10.4. The molecule has 0 unspecified atom stereocenters. The van der Waals surface area contributed by atoms with Gasteiger partial charge in [-0.25, -0.2) is 9.69 Å². The van der Waals surface area contributed by atoms with E-state index in [1.807, 2.05) is 18.2 Å². The van der Waals surface area contributed by atoms with Gasteiger partial charge in [-0.1, -0.05) is 30.3 Å². The fraction of sp³-hybridized carbons (Fsp3) is 0.375. The minimum atomic E-state index is -1.46. The number of carbonyl (C=O) groups excluding carboxylic acids is 3. The summed E-state index contributed by atoms with van der Waals surface area (Å²) in [6, 6.07) is 16.1. The topological polar surface area (TPSA) is 82.1 Å². The third-order valence-corrected chi connectivity index (χ3v) is 6.76. The van der Waals surface area contributed by atoms with E-state index in [0.29, 0.717) is 24.3 Å². The lowest BCUT2D eigenvalue weighted by molar-refractivity contribution is -0.174. The number of para-hydroxylation sites is 1. The van der Waals surface area contributed by atoms with Gasteiger partial charge in [0, 0.05) is 0 Å². The molecule has 31 heavy (non-hydrogen) atoms. The Morgan fingerprint density at radius 2 is 1.71 bits per heavy atom. The lowest BCUT2D eigenvalue weighted by Gasteiger charge is -2.31. The van der Waals surface area contributed by atoms with E-state index in [0.717, 1.165) is 5.56 Å². The molecule has 160 valence electrons. The van der Waals surface area contributed by atoms with Crippen LogP contribution in [0.15, 0.2) is 54.6 Å². The van der Waals surface area contributed by atoms with Gasteiger partial charge in [0.1, 0.15) is 11.4 Å². The summed E-state index contributed by atoms with van der Waals surface area (Å²) in [6.07, 6.45) is 0.766. The van der Waals surface area contributed by atoms with Crippen LogP contribution in [0.5, 0.6) is 5.75 Å². The summed E-state index contributed by atoms with van der Waals surface area (Å²) in [5.41, 5.74) is -1.28. The van der Waals surface area contributed by atoms with Crippen molar-refractivity contribution in [2.24, 2.45) is 11.8 Å². The smallest absolute Gasteiger partial charge is 0.339 e. The second-order valence-electron chi connectivity index (χ2n) is 8.13. The number of anilines is 1. The zero-order valence-electron chi connectivity index (χ0n) is 17.4. The van der Waals surface area contributed by atoms with E-state index in [9.17, 15) is 14.4 Å². The van der Waals surface area contributed by atoms with Crippen molar-refractivity contribution in [2.75, 3.05) is 18.6 Å². The highest BCUT2D eigenvalue weighted by Gasteiger charge is 2.79. The number of carbonyl (C=O) groups is 3. The van der Waals surface area contributed by atoms with Crippen molar-refractivity contribution < 1.29 is 28.6 Å². The fourth-order valence-corrected chi connectivity index (χ4v) is 5.46. The van der Waals surface area contributed by atoms with Gasteiger partial charge in [-0.05, 0) is 49.6 Å². The van der Waals surface area contributed by atoms with E-state index in [4.69, 9.17) is 14.2 Å². The summed E-state index contributed by atoms with van der Waals surface area (Å²) in [6.45, 7) is 1.88. The molecule has 4 atom stereocenters. The molecule has 2 amide bonds. The molecule has 2 aromatic rings. The Labute approximate surface area is 179 Å². The predicted octanol–water partition coefficient (Wildman–Crippen LogP) is 2.82. The molecule has 3 aliphatic heterocycles. The molecule has 3 heterocycles. The first-order chi connectivity index (χ1) is 15.0. The monoisotopic (exact) mass is 421 g/mol.